The van der Waals surface area contributed by atoms with E-state index < -0.39 is 23.5 Å². The van der Waals surface area contributed by atoms with Crippen LogP contribution in [0.3, 0.4) is 0 Å². The van der Waals surface area contributed by atoms with Gasteiger partial charge in [-0.05, 0) is 18.6 Å². The van der Waals surface area contributed by atoms with Crippen LogP contribution in [-0.2, 0) is 4.79 Å². The number of nitrogens with zero attached hydrogens (tertiary/aromatic N) is 1. The molecule has 0 saturated carbocycles. The Bertz CT molecular complexity index is 477. The van der Waals surface area contributed by atoms with Crippen LogP contribution >= 0.6 is 0 Å². The molecular formula is C11H13F2N3O2. The zero-order valence-corrected chi connectivity index (χ0v) is 9.65. The number of carbonyl (C=O) groups excluding carboxylic acids is 1. The fourth-order valence-corrected chi connectivity index (χ4v) is 1.41. The van der Waals surface area contributed by atoms with E-state index in [-0.39, 0.29) is 17.9 Å². The van der Waals surface area contributed by atoms with Gasteiger partial charge in [0.2, 0.25) is 5.91 Å². The van der Waals surface area contributed by atoms with Crippen molar-refractivity contribution in [1.29, 1.82) is 0 Å². The number of nitrogens with two attached hydrogens (primary N) is 1. The van der Waals surface area contributed by atoms with E-state index in [9.17, 15) is 13.6 Å². The highest BCUT2D eigenvalue weighted by molar-refractivity contribution is 6.07. The smallest absolute Gasteiger partial charge is 0.235 e. The number of anilines is 1. The number of benzene rings is 1. The van der Waals surface area contributed by atoms with E-state index in [0.29, 0.717) is 0 Å². The summed E-state index contributed by atoms with van der Waals surface area (Å²) < 4.78 is 26.2. The quantitative estimate of drug-likeness (QED) is 0.332. The zero-order valence-electron chi connectivity index (χ0n) is 9.65. The summed E-state index contributed by atoms with van der Waals surface area (Å²) in [6, 6.07) is 2.69. The molecular weight excluding hydrogens is 244 g/mol. The highest BCUT2D eigenvalue weighted by atomic mass is 19.1. The lowest BCUT2D eigenvalue weighted by Crippen LogP contribution is -2.34. The molecule has 0 heterocycles. The number of rotatable bonds is 4. The molecule has 4 N–H and O–H groups in total. The molecule has 0 aromatic heterocycles. The van der Waals surface area contributed by atoms with Crippen LogP contribution in [0.4, 0.5) is 14.5 Å². The Morgan fingerprint density at radius 3 is 2.78 bits per heavy atom. The van der Waals surface area contributed by atoms with Gasteiger partial charge in [-0.25, -0.2) is 8.78 Å². The normalized spacial score (nSPS) is 13.2. The lowest BCUT2D eigenvalue weighted by molar-refractivity contribution is -0.118. The highest BCUT2D eigenvalue weighted by Crippen LogP contribution is 2.17. The number of hydrogen-bond donors (Lipinski definition) is 3. The summed E-state index contributed by atoms with van der Waals surface area (Å²) in [5, 5.41) is 13.4. The molecule has 0 aliphatic rings. The topological polar surface area (TPSA) is 87.7 Å². The van der Waals surface area contributed by atoms with E-state index in [4.69, 9.17) is 10.9 Å². The average molecular weight is 257 g/mol. The van der Waals surface area contributed by atoms with Crippen molar-refractivity contribution in [2.45, 2.75) is 13.3 Å². The number of hydrogen-bond acceptors (Lipinski definition) is 3. The minimum absolute atomic E-state index is 0.263. The molecule has 0 saturated heterocycles. The van der Waals surface area contributed by atoms with E-state index in [1.54, 1.807) is 6.92 Å². The first-order chi connectivity index (χ1) is 8.49. The molecule has 5 nitrogen and oxygen atoms in total. The fraction of sp³-hybridized carbons (Fsp3) is 0.273. The number of carbonyl (C=O) groups is 1. The summed E-state index contributed by atoms with van der Waals surface area (Å²) in [7, 11) is 0. The Morgan fingerprint density at radius 2 is 2.22 bits per heavy atom. The summed E-state index contributed by atoms with van der Waals surface area (Å²) in [4.78, 5) is 11.7. The summed E-state index contributed by atoms with van der Waals surface area (Å²) in [6.07, 6.45) is 0.263. The Kier molecular flexibility index (Phi) is 4.59. The maximum Gasteiger partial charge on any atom is 0.235 e. The van der Waals surface area contributed by atoms with Crippen molar-refractivity contribution in [2.75, 3.05) is 5.32 Å². The minimum Gasteiger partial charge on any atom is -0.409 e. The minimum atomic E-state index is -0.905. The predicted octanol–water partition coefficient (Wildman–Crippen LogP) is 1.68. The van der Waals surface area contributed by atoms with Gasteiger partial charge in [-0.15, -0.1) is 0 Å². The highest BCUT2D eigenvalue weighted by Gasteiger charge is 2.22. The van der Waals surface area contributed by atoms with Crippen LogP contribution in [0.15, 0.2) is 23.4 Å². The van der Waals surface area contributed by atoms with Crippen molar-refractivity contribution in [1.82, 2.24) is 0 Å². The number of amides is 1. The predicted molar refractivity (Wildman–Crippen MR) is 62.2 cm³/mol. The Morgan fingerprint density at radius 1 is 1.56 bits per heavy atom. The van der Waals surface area contributed by atoms with Crippen LogP contribution in [0.25, 0.3) is 0 Å². The molecule has 0 radical (unpaired) electrons. The molecule has 0 spiro atoms. The largest absolute Gasteiger partial charge is 0.409 e. The van der Waals surface area contributed by atoms with E-state index in [1.165, 1.54) is 0 Å². The molecule has 7 heteroatoms. The van der Waals surface area contributed by atoms with Crippen LogP contribution < -0.4 is 11.1 Å². The maximum absolute atomic E-state index is 13.3. The first kappa shape index (κ1) is 13.9. The van der Waals surface area contributed by atoms with Gasteiger partial charge in [0.25, 0.3) is 0 Å². The van der Waals surface area contributed by atoms with Crippen LogP contribution in [0.5, 0.6) is 0 Å². The molecule has 18 heavy (non-hydrogen) atoms. The molecule has 0 fully saturated rings. The second-order valence-corrected chi connectivity index (χ2v) is 3.60. The van der Waals surface area contributed by atoms with Crippen molar-refractivity contribution in [3.63, 3.8) is 0 Å². The van der Waals surface area contributed by atoms with E-state index in [0.717, 1.165) is 18.2 Å². The Hall–Kier alpha value is -2.18. The van der Waals surface area contributed by atoms with Gasteiger partial charge >= 0.3 is 0 Å². The molecule has 1 aromatic carbocycles. The second kappa shape index (κ2) is 5.95. The van der Waals surface area contributed by atoms with Gasteiger partial charge in [-0.3, -0.25) is 4.79 Å². The van der Waals surface area contributed by atoms with Gasteiger partial charge in [0.1, 0.15) is 11.6 Å². The molecule has 0 aliphatic carbocycles. The third-order valence-corrected chi connectivity index (χ3v) is 2.38. The summed E-state index contributed by atoms with van der Waals surface area (Å²) >= 11 is 0. The fourth-order valence-electron chi connectivity index (χ4n) is 1.41. The van der Waals surface area contributed by atoms with Gasteiger partial charge in [0.05, 0.1) is 11.6 Å². The number of halogens is 2. The summed E-state index contributed by atoms with van der Waals surface area (Å²) in [6.45, 7) is 1.64. The lowest BCUT2D eigenvalue weighted by Gasteiger charge is -2.13. The average Bonchev–Trinajstić information content (AvgIpc) is 2.34. The van der Waals surface area contributed by atoms with Gasteiger partial charge in [-0.2, -0.15) is 0 Å². The molecule has 0 bridgehead atoms. The third-order valence-electron chi connectivity index (χ3n) is 2.38. The molecule has 98 valence electrons. The first-order valence-electron chi connectivity index (χ1n) is 5.23. The molecule has 0 aliphatic heterocycles. The first-order valence-corrected chi connectivity index (χ1v) is 5.23. The third kappa shape index (κ3) is 3.16. The van der Waals surface area contributed by atoms with Crippen LogP contribution in [-0.4, -0.2) is 17.0 Å². The van der Waals surface area contributed by atoms with Crippen molar-refractivity contribution in [2.24, 2.45) is 16.8 Å². The van der Waals surface area contributed by atoms with Crippen molar-refractivity contribution in [3.8, 4) is 0 Å². The van der Waals surface area contributed by atoms with Crippen LogP contribution in [0.2, 0.25) is 0 Å². The van der Waals surface area contributed by atoms with E-state index in [2.05, 4.69) is 10.5 Å². The van der Waals surface area contributed by atoms with Crippen molar-refractivity contribution >= 4 is 17.4 Å². The van der Waals surface area contributed by atoms with Crippen molar-refractivity contribution < 1.29 is 18.8 Å². The van der Waals surface area contributed by atoms with Gasteiger partial charge < -0.3 is 16.3 Å². The van der Waals surface area contributed by atoms with Gasteiger partial charge in [0.15, 0.2) is 5.84 Å². The van der Waals surface area contributed by atoms with Crippen molar-refractivity contribution in [3.05, 3.63) is 29.8 Å². The molecule has 1 amide bonds. The Labute approximate surface area is 102 Å². The molecule has 1 aromatic rings. The number of oxime groups is 1. The standard InChI is InChI=1S/C11H13F2N3O2/c1-2-7(10(14)16-18)11(17)15-9-5-6(12)3-4-8(9)13/h3-5,7,18H,2H2,1H3,(H2,14,16)(H,15,17). The monoisotopic (exact) mass is 257 g/mol. The molecule has 1 rings (SSSR count). The molecule has 1 atom stereocenters. The lowest BCUT2D eigenvalue weighted by atomic mass is 10.0. The maximum atomic E-state index is 13.3. The summed E-state index contributed by atoms with van der Waals surface area (Å²) in [5.41, 5.74) is 5.03. The molecule has 1 unspecified atom stereocenters. The van der Waals surface area contributed by atoms with Crippen LogP contribution in [0, 0.1) is 17.6 Å². The van der Waals surface area contributed by atoms with E-state index in [1.807, 2.05) is 0 Å². The van der Waals surface area contributed by atoms with Gasteiger partial charge in [-0.1, -0.05) is 12.1 Å². The van der Waals surface area contributed by atoms with Gasteiger partial charge in [0, 0.05) is 6.07 Å². The zero-order chi connectivity index (χ0) is 13.7. The SMILES string of the molecule is CCC(C(=O)Nc1cc(F)ccc1F)C(N)=NO. The Balaban J connectivity index is 2.89. The number of nitrogens with one attached hydrogen (secondary N) is 1. The summed E-state index contributed by atoms with van der Waals surface area (Å²) in [5.74, 6) is -3.30. The van der Waals surface area contributed by atoms with Crippen LogP contribution in [0.1, 0.15) is 13.3 Å². The van der Waals surface area contributed by atoms with E-state index >= 15 is 0 Å². The second-order valence-electron chi connectivity index (χ2n) is 3.60. The number of amidine groups is 1.